The summed E-state index contributed by atoms with van der Waals surface area (Å²) in [4.78, 5) is 29.3. The molecule has 148 valence electrons. The van der Waals surface area contributed by atoms with E-state index < -0.39 is 0 Å². The molecule has 0 radical (unpaired) electrons. The van der Waals surface area contributed by atoms with E-state index in [1.807, 2.05) is 39.8 Å². The average Bonchev–Trinajstić information content (AvgIpc) is 3.46. The number of rotatable bonds is 6. The van der Waals surface area contributed by atoms with Crippen molar-refractivity contribution >= 4 is 17.5 Å². The first-order chi connectivity index (χ1) is 12.8. The summed E-state index contributed by atoms with van der Waals surface area (Å²) < 4.78 is 0. The van der Waals surface area contributed by atoms with E-state index in [1.54, 1.807) is 0 Å². The minimum Gasteiger partial charge on any atom is -0.352 e. The first-order valence-electron chi connectivity index (χ1n) is 10.0. The van der Waals surface area contributed by atoms with Gasteiger partial charge in [-0.25, -0.2) is 0 Å². The van der Waals surface area contributed by atoms with Gasteiger partial charge >= 0.3 is 0 Å². The number of nitrogens with one attached hydrogen (secondary N) is 2. The smallest absolute Gasteiger partial charge is 0.241 e. The number of benzene rings is 1. The molecule has 0 bridgehead atoms. The Morgan fingerprint density at radius 3 is 2.04 bits per heavy atom. The molecule has 2 N–H and O–H groups in total. The maximum absolute atomic E-state index is 12.7. The standard InChI is InChI=1S/C21H32N4O2/c1-14-5-8-19(15(2)13-14)23-21(27)17(4)25-11-9-24(10-12-25)16(3)20(26)22-18-6-7-18/h5,8,13,16-18H,6-7,9-12H2,1-4H3,(H,22,26)(H,23,27). The van der Waals surface area contributed by atoms with Gasteiger partial charge in [0.1, 0.15) is 0 Å². The van der Waals surface area contributed by atoms with E-state index in [9.17, 15) is 9.59 Å². The second kappa shape index (κ2) is 8.40. The van der Waals surface area contributed by atoms with E-state index in [0.29, 0.717) is 6.04 Å². The molecule has 3 rings (SSSR count). The Balaban J connectivity index is 1.49. The molecule has 1 aromatic rings. The van der Waals surface area contributed by atoms with Gasteiger partial charge in [0.15, 0.2) is 0 Å². The van der Waals surface area contributed by atoms with Crippen LogP contribution in [-0.4, -0.2) is 65.9 Å². The molecule has 1 saturated heterocycles. The lowest BCUT2D eigenvalue weighted by Gasteiger charge is -2.39. The van der Waals surface area contributed by atoms with Gasteiger partial charge in [0.2, 0.25) is 11.8 Å². The van der Waals surface area contributed by atoms with Crippen LogP contribution in [0.25, 0.3) is 0 Å². The minimum atomic E-state index is -0.191. The molecule has 2 aliphatic rings. The summed E-state index contributed by atoms with van der Waals surface area (Å²) in [7, 11) is 0. The zero-order chi connectivity index (χ0) is 19.6. The molecule has 2 amide bonds. The van der Waals surface area contributed by atoms with E-state index in [1.165, 1.54) is 5.56 Å². The zero-order valence-corrected chi connectivity index (χ0v) is 16.9. The summed E-state index contributed by atoms with van der Waals surface area (Å²) in [6.45, 7) is 11.2. The van der Waals surface area contributed by atoms with Crippen molar-refractivity contribution in [3.63, 3.8) is 0 Å². The first-order valence-corrected chi connectivity index (χ1v) is 10.0. The Hall–Kier alpha value is -1.92. The minimum absolute atomic E-state index is 0.0231. The maximum Gasteiger partial charge on any atom is 0.241 e. The Morgan fingerprint density at radius 2 is 1.52 bits per heavy atom. The van der Waals surface area contributed by atoms with E-state index in [0.717, 1.165) is 50.3 Å². The number of aryl methyl sites for hydroxylation is 2. The lowest BCUT2D eigenvalue weighted by molar-refractivity contribution is -0.128. The molecule has 1 heterocycles. The topological polar surface area (TPSA) is 64.7 Å². The predicted molar refractivity (Wildman–Crippen MR) is 108 cm³/mol. The monoisotopic (exact) mass is 372 g/mol. The molecule has 1 aliphatic carbocycles. The van der Waals surface area contributed by atoms with E-state index in [-0.39, 0.29) is 23.9 Å². The Morgan fingerprint density at radius 1 is 0.963 bits per heavy atom. The molecule has 1 saturated carbocycles. The highest BCUT2D eigenvalue weighted by atomic mass is 16.2. The quantitative estimate of drug-likeness (QED) is 0.801. The Bertz CT molecular complexity index is 693. The molecule has 1 aromatic carbocycles. The van der Waals surface area contributed by atoms with Gasteiger partial charge in [-0.1, -0.05) is 17.7 Å². The summed E-state index contributed by atoms with van der Waals surface area (Å²) in [6.07, 6.45) is 2.22. The highest BCUT2D eigenvalue weighted by molar-refractivity contribution is 5.95. The fourth-order valence-corrected chi connectivity index (χ4v) is 3.58. The lowest BCUT2D eigenvalue weighted by Crippen LogP contribution is -2.57. The Kier molecular flexibility index (Phi) is 6.17. The van der Waals surface area contributed by atoms with Crippen LogP contribution in [0.2, 0.25) is 0 Å². The SMILES string of the molecule is Cc1ccc(NC(=O)C(C)N2CCN(C(C)C(=O)NC3CC3)CC2)c(C)c1. The van der Waals surface area contributed by atoms with Gasteiger partial charge in [-0.15, -0.1) is 0 Å². The van der Waals surface area contributed by atoms with Crippen LogP contribution in [0.15, 0.2) is 18.2 Å². The largest absolute Gasteiger partial charge is 0.352 e. The van der Waals surface area contributed by atoms with Crippen LogP contribution in [0, 0.1) is 13.8 Å². The molecular weight excluding hydrogens is 340 g/mol. The highest BCUT2D eigenvalue weighted by Crippen LogP contribution is 2.20. The van der Waals surface area contributed by atoms with Crippen LogP contribution in [0.4, 0.5) is 5.69 Å². The average molecular weight is 373 g/mol. The van der Waals surface area contributed by atoms with Gasteiger partial charge < -0.3 is 10.6 Å². The highest BCUT2D eigenvalue weighted by Gasteiger charge is 2.32. The van der Waals surface area contributed by atoms with Gasteiger partial charge in [-0.05, 0) is 52.2 Å². The molecule has 2 atom stereocenters. The second-order valence-corrected chi connectivity index (χ2v) is 8.01. The van der Waals surface area contributed by atoms with Crippen molar-refractivity contribution in [3.8, 4) is 0 Å². The van der Waals surface area contributed by atoms with Gasteiger partial charge in [0.05, 0.1) is 12.1 Å². The maximum atomic E-state index is 12.7. The number of hydrogen-bond acceptors (Lipinski definition) is 4. The Labute approximate surface area is 162 Å². The number of carbonyl (C=O) groups excluding carboxylic acids is 2. The number of carbonyl (C=O) groups is 2. The van der Waals surface area contributed by atoms with Crippen molar-refractivity contribution in [3.05, 3.63) is 29.3 Å². The third-order valence-electron chi connectivity index (χ3n) is 5.77. The fraction of sp³-hybridized carbons (Fsp3) is 0.619. The second-order valence-electron chi connectivity index (χ2n) is 8.01. The van der Waals surface area contributed by atoms with Crippen LogP contribution in [0.1, 0.15) is 37.8 Å². The van der Waals surface area contributed by atoms with Gasteiger partial charge in [-0.3, -0.25) is 19.4 Å². The third-order valence-corrected chi connectivity index (χ3v) is 5.77. The normalized spacial score (nSPS) is 20.7. The van der Waals surface area contributed by atoms with E-state index >= 15 is 0 Å². The van der Waals surface area contributed by atoms with Crippen molar-refractivity contribution < 1.29 is 9.59 Å². The lowest BCUT2D eigenvalue weighted by atomic mass is 10.1. The molecule has 27 heavy (non-hydrogen) atoms. The summed E-state index contributed by atoms with van der Waals surface area (Å²) >= 11 is 0. The van der Waals surface area contributed by atoms with Crippen molar-refractivity contribution in [1.82, 2.24) is 15.1 Å². The number of amides is 2. The molecule has 6 nitrogen and oxygen atoms in total. The van der Waals surface area contributed by atoms with Crippen LogP contribution in [0.5, 0.6) is 0 Å². The van der Waals surface area contributed by atoms with Gasteiger partial charge in [0.25, 0.3) is 0 Å². The summed E-state index contributed by atoms with van der Waals surface area (Å²) in [5.41, 5.74) is 3.15. The van der Waals surface area contributed by atoms with E-state index in [2.05, 4.69) is 26.5 Å². The van der Waals surface area contributed by atoms with Gasteiger partial charge in [-0.2, -0.15) is 0 Å². The van der Waals surface area contributed by atoms with E-state index in [4.69, 9.17) is 0 Å². The number of nitrogens with zero attached hydrogens (tertiary/aromatic N) is 2. The van der Waals surface area contributed by atoms with Crippen molar-refractivity contribution in [2.24, 2.45) is 0 Å². The summed E-state index contributed by atoms with van der Waals surface area (Å²) in [6, 6.07) is 6.16. The number of piperazine rings is 1. The number of hydrogen-bond donors (Lipinski definition) is 2. The third kappa shape index (κ3) is 5.08. The molecule has 0 spiro atoms. The fourth-order valence-electron chi connectivity index (χ4n) is 3.58. The molecule has 6 heteroatoms. The molecule has 1 aliphatic heterocycles. The molecular formula is C21H32N4O2. The molecule has 2 fully saturated rings. The molecule has 2 unspecified atom stereocenters. The van der Waals surface area contributed by atoms with Crippen LogP contribution < -0.4 is 10.6 Å². The van der Waals surface area contributed by atoms with Gasteiger partial charge in [0, 0.05) is 37.9 Å². The van der Waals surface area contributed by atoms with Crippen LogP contribution in [-0.2, 0) is 9.59 Å². The zero-order valence-electron chi connectivity index (χ0n) is 16.9. The molecule has 0 aromatic heterocycles. The van der Waals surface area contributed by atoms with Crippen molar-refractivity contribution in [1.29, 1.82) is 0 Å². The van der Waals surface area contributed by atoms with Crippen LogP contribution >= 0.6 is 0 Å². The number of anilines is 1. The predicted octanol–water partition coefficient (Wildman–Crippen LogP) is 1.92. The van der Waals surface area contributed by atoms with Crippen molar-refractivity contribution in [2.75, 3.05) is 31.5 Å². The van der Waals surface area contributed by atoms with Crippen LogP contribution in [0.3, 0.4) is 0 Å². The first kappa shape index (κ1) is 19.8. The summed E-state index contributed by atoms with van der Waals surface area (Å²) in [5, 5.41) is 6.14. The van der Waals surface area contributed by atoms with Crippen molar-refractivity contribution in [2.45, 2.75) is 58.7 Å². The summed E-state index contributed by atoms with van der Waals surface area (Å²) in [5.74, 6) is 0.154.